The van der Waals surface area contributed by atoms with Crippen molar-refractivity contribution in [3.63, 3.8) is 0 Å². The predicted molar refractivity (Wildman–Crippen MR) is 76.4 cm³/mol. The molecule has 19 heavy (non-hydrogen) atoms. The topological polar surface area (TPSA) is 71.3 Å². The molecule has 1 aliphatic carbocycles. The Kier molecular flexibility index (Phi) is 4.39. The summed E-state index contributed by atoms with van der Waals surface area (Å²) < 4.78 is 33.3. The van der Waals surface area contributed by atoms with Crippen LogP contribution in [0.4, 0.5) is 0 Å². The minimum absolute atomic E-state index is 0.172. The van der Waals surface area contributed by atoms with Crippen LogP contribution in [-0.4, -0.2) is 21.0 Å². The molecule has 7 heteroatoms. The summed E-state index contributed by atoms with van der Waals surface area (Å²) in [5, 5.41) is 2.93. The van der Waals surface area contributed by atoms with E-state index in [2.05, 4.69) is 26.0 Å². The summed E-state index contributed by atoms with van der Waals surface area (Å²) in [6.07, 6.45) is 3.89. The average Bonchev–Trinajstić information content (AvgIpc) is 2.85. The standard InChI is InChI=1S/C12H19BrN2O3S/c1-12(5-3-4-6-12)15-19(16,17)10-7-9(8-14-2)18-11(10)13/h7,14-15H,3-6,8H2,1-2H3. The van der Waals surface area contributed by atoms with Gasteiger partial charge in [0.2, 0.25) is 10.0 Å². The maximum atomic E-state index is 12.4. The number of hydrogen-bond acceptors (Lipinski definition) is 4. The van der Waals surface area contributed by atoms with E-state index in [4.69, 9.17) is 4.42 Å². The average molecular weight is 351 g/mol. The molecule has 0 amide bonds. The maximum Gasteiger partial charge on any atom is 0.245 e. The quantitative estimate of drug-likeness (QED) is 0.854. The summed E-state index contributed by atoms with van der Waals surface area (Å²) in [7, 11) is -1.77. The first kappa shape index (κ1) is 15.0. The summed E-state index contributed by atoms with van der Waals surface area (Å²) in [4.78, 5) is 0.172. The van der Waals surface area contributed by atoms with Gasteiger partial charge < -0.3 is 9.73 Å². The molecule has 2 rings (SSSR count). The Morgan fingerprint density at radius 1 is 1.42 bits per heavy atom. The first-order valence-corrected chi connectivity index (χ1v) is 8.61. The van der Waals surface area contributed by atoms with Crippen molar-refractivity contribution in [1.82, 2.24) is 10.0 Å². The Morgan fingerprint density at radius 3 is 2.63 bits per heavy atom. The van der Waals surface area contributed by atoms with Crippen LogP contribution in [0.1, 0.15) is 38.4 Å². The van der Waals surface area contributed by atoms with Gasteiger partial charge in [-0.1, -0.05) is 12.8 Å². The number of nitrogens with one attached hydrogen (secondary N) is 2. The Hall–Kier alpha value is -0.370. The molecule has 0 unspecified atom stereocenters. The molecule has 1 heterocycles. The summed E-state index contributed by atoms with van der Waals surface area (Å²) in [5.74, 6) is 0.589. The van der Waals surface area contributed by atoms with E-state index in [0.29, 0.717) is 12.3 Å². The second-order valence-corrected chi connectivity index (χ2v) is 7.63. The third-order valence-corrected chi connectivity index (χ3v) is 5.93. The number of furan rings is 1. The molecule has 0 radical (unpaired) electrons. The van der Waals surface area contributed by atoms with E-state index in [-0.39, 0.29) is 15.1 Å². The van der Waals surface area contributed by atoms with Crippen LogP contribution >= 0.6 is 15.9 Å². The highest BCUT2D eigenvalue weighted by Crippen LogP contribution is 2.32. The van der Waals surface area contributed by atoms with E-state index < -0.39 is 10.0 Å². The number of rotatable bonds is 5. The fraction of sp³-hybridized carbons (Fsp3) is 0.667. The van der Waals surface area contributed by atoms with Gasteiger partial charge in [0.05, 0.1) is 6.54 Å². The molecule has 0 bridgehead atoms. The van der Waals surface area contributed by atoms with Gasteiger partial charge in [-0.3, -0.25) is 0 Å². The van der Waals surface area contributed by atoms with Crippen LogP contribution in [0, 0.1) is 0 Å². The van der Waals surface area contributed by atoms with Crippen molar-refractivity contribution in [2.75, 3.05) is 7.05 Å². The van der Waals surface area contributed by atoms with Crippen LogP contribution in [0.5, 0.6) is 0 Å². The number of halogens is 1. The molecule has 0 aliphatic heterocycles. The van der Waals surface area contributed by atoms with Crippen LogP contribution < -0.4 is 10.0 Å². The van der Waals surface area contributed by atoms with Crippen molar-refractivity contribution >= 4 is 26.0 Å². The van der Waals surface area contributed by atoms with Crippen LogP contribution in [0.15, 0.2) is 20.0 Å². The van der Waals surface area contributed by atoms with Gasteiger partial charge in [-0.2, -0.15) is 0 Å². The van der Waals surface area contributed by atoms with Crippen LogP contribution in [-0.2, 0) is 16.6 Å². The van der Waals surface area contributed by atoms with Gasteiger partial charge in [0, 0.05) is 11.6 Å². The molecule has 1 aromatic rings. The third-order valence-electron chi connectivity index (χ3n) is 3.43. The molecule has 5 nitrogen and oxygen atoms in total. The van der Waals surface area contributed by atoms with Crippen molar-refractivity contribution < 1.29 is 12.8 Å². The first-order valence-electron chi connectivity index (χ1n) is 6.33. The van der Waals surface area contributed by atoms with E-state index in [9.17, 15) is 8.42 Å². The largest absolute Gasteiger partial charge is 0.452 e. The lowest BCUT2D eigenvalue weighted by Gasteiger charge is -2.24. The van der Waals surface area contributed by atoms with Crippen molar-refractivity contribution in [3.05, 3.63) is 16.5 Å². The zero-order valence-corrected chi connectivity index (χ0v) is 13.5. The SMILES string of the molecule is CNCc1cc(S(=O)(=O)NC2(C)CCCC2)c(Br)o1. The third kappa shape index (κ3) is 3.39. The molecule has 1 fully saturated rings. The van der Waals surface area contributed by atoms with Crippen molar-refractivity contribution in [2.24, 2.45) is 0 Å². The molecule has 0 saturated heterocycles. The van der Waals surface area contributed by atoms with E-state index in [1.54, 1.807) is 13.1 Å². The zero-order valence-electron chi connectivity index (χ0n) is 11.1. The lowest BCUT2D eigenvalue weighted by Crippen LogP contribution is -2.43. The fourth-order valence-corrected chi connectivity index (χ4v) is 4.94. The van der Waals surface area contributed by atoms with Crippen LogP contribution in [0.2, 0.25) is 0 Å². The van der Waals surface area contributed by atoms with E-state index in [1.807, 2.05) is 6.92 Å². The fourth-order valence-electron chi connectivity index (χ4n) is 2.48. The van der Waals surface area contributed by atoms with Gasteiger partial charge in [0.15, 0.2) is 4.67 Å². The van der Waals surface area contributed by atoms with Gasteiger partial charge in [-0.25, -0.2) is 13.1 Å². The highest BCUT2D eigenvalue weighted by molar-refractivity contribution is 9.10. The predicted octanol–water partition coefficient (Wildman–Crippen LogP) is 2.37. The van der Waals surface area contributed by atoms with Gasteiger partial charge >= 0.3 is 0 Å². The molecule has 0 spiro atoms. The maximum absolute atomic E-state index is 12.4. The second kappa shape index (κ2) is 5.55. The van der Waals surface area contributed by atoms with E-state index in [1.165, 1.54) is 0 Å². The summed E-state index contributed by atoms with van der Waals surface area (Å²) in [5.41, 5.74) is -0.335. The highest BCUT2D eigenvalue weighted by Gasteiger charge is 2.35. The van der Waals surface area contributed by atoms with Crippen molar-refractivity contribution in [3.8, 4) is 0 Å². The molecule has 108 valence electrons. The molecule has 2 N–H and O–H groups in total. The Labute approximate surface area is 122 Å². The van der Waals surface area contributed by atoms with E-state index >= 15 is 0 Å². The first-order chi connectivity index (χ1) is 8.86. The molecule has 1 aliphatic rings. The van der Waals surface area contributed by atoms with Gasteiger partial charge in [-0.15, -0.1) is 0 Å². The van der Waals surface area contributed by atoms with Crippen molar-refractivity contribution in [1.29, 1.82) is 0 Å². The lowest BCUT2D eigenvalue weighted by atomic mass is 10.0. The number of hydrogen-bond donors (Lipinski definition) is 2. The number of sulfonamides is 1. The second-order valence-electron chi connectivity index (χ2n) is 5.25. The summed E-state index contributed by atoms with van der Waals surface area (Å²) in [6, 6.07) is 1.56. The summed E-state index contributed by atoms with van der Waals surface area (Å²) >= 11 is 3.18. The smallest absolute Gasteiger partial charge is 0.245 e. The normalized spacial score (nSPS) is 18.9. The monoisotopic (exact) mass is 350 g/mol. The Morgan fingerprint density at radius 2 is 2.05 bits per heavy atom. The van der Waals surface area contributed by atoms with E-state index in [0.717, 1.165) is 25.7 Å². The minimum Gasteiger partial charge on any atom is -0.452 e. The minimum atomic E-state index is -3.55. The van der Waals surface area contributed by atoms with Gasteiger partial charge in [0.25, 0.3) is 0 Å². The lowest BCUT2D eigenvalue weighted by molar-refractivity contribution is 0.426. The van der Waals surface area contributed by atoms with Crippen LogP contribution in [0.25, 0.3) is 0 Å². The van der Waals surface area contributed by atoms with Crippen molar-refractivity contribution in [2.45, 2.75) is 49.6 Å². The molecular formula is C12H19BrN2O3S. The molecule has 0 aromatic carbocycles. The molecule has 1 saturated carbocycles. The van der Waals surface area contributed by atoms with Gasteiger partial charge in [-0.05, 0) is 42.7 Å². The summed E-state index contributed by atoms with van der Waals surface area (Å²) in [6.45, 7) is 2.45. The molecule has 0 atom stereocenters. The molecule has 1 aromatic heterocycles. The zero-order chi connectivity index (χ0) is 14.1. The van der Waals surface area contributed by atoms with Gasteiger partial charge in [0.1, 0.15) is 10.7 Å². The van der Waals surface area contributed by atoms with Crippen LogP contribution in [0.3, 0.4) is 0 Å². The highest BCUT2D eigenvalue weighted by atomic mass is 79.9. The Bertz CT molecular complexity index is 547. The Balaban J connectivity index is 2.24. The molecular weight excluding hydrogens is 332 g/mol.